The SMILES string of the molecule is FC(F)(F)c1ncncc1N1CCCC1. The van der Waals surface area contributed by atoms with Gasteiger partial charge in [-0.25, -0.2) is 9.97 Å². The molecule has 1 aromatic rings. The second kappa shape index (κ2) is 3.67. The fraction of sp³-hybridized carbons (Fsp3) is 0.556. The van der Waals surface area contributed by atoms with Crippen molar-refractivity contribution in [2.75, 3.05) is 18.0 Å². The van der Waals surface area contributed by atoms with Crippen LogP contribution >= 0.6 is 0 Å². The minimum absolute atomic E-state index is 0.0995. The smallest absolute Gasteiger partial charge is 0.369 e. The number of alkyl halides is 3. The van der Waals surface area contributed by atoms with E-state index in [0.717, 1.165) is 19.2 Å². The molecule has 0 aliphatic carbocycles. The van der Waals surface area contributed by atoms with Gasteiger partial charge in [-0.2, -0.15) is 13.2 Å². The van der Waals surface area contributed by atoms with Crippen LogP contribution in [0.5, 0.6) is 0 Å². The van der Waals surface area contributed by atoms with Crippen LogP contribution in [0.2, 0.25) is 0 Å². The van der Waals surface area contributed by atoms with Gasteiger partial charge in [0, 0.05) is 13.1 Å². The number of nitrogens with zero attached hydrogens (tertiary/aromatic N) is 3. The summed E-state index contributed by atoms with van der Waals surface area (Å²) in [6.07, 6.45) is -0.386. The molecule has 3 nitrogen and oxygen atoms in total. The fourth-order valence-electron chi connectivity index (χ4n) is 1.73. The molecule has 0 spiro atoms. The topological polar surface area (TPSA) is 29.0 Å². The molecule has 1 aliphatic rings. The van der Waals surface area contributed by atoms with Crippen molar-refractivity contribution in [3.8, 4) is 0 Å². The predicted octanol–water partition coefficient (Wildman–Crippen LogP) is 2.10. The molecule has 2 heterocycles. The summed E-state index contributed by atoms with van der Waals surface area (Å²) in [6, 6.07) is 0. The molecule has 1 aliphatic heterocycles. The highest BCUT2D eigenvalue weighted by Gasteiger charge is 2.37. The molecule has 0 atom stereocenters. The third-order valence-corrected chi connectivity index (χ3v) is 2.41. The van der Waals surface area contributed by atoms with Gasteiger partial charge in [-0.3, -0.25) is 0 Å². The first-order valence-corrected chi connectivity index (χ1v) is 4.71. The van der Waals surface area contributed by atoms with Crippen LogP contribution in [-0.2, 0) is 6.18 Å². The maximum absolute atomic E-state index is 12.6. The molecule has 1 aromatic heterocycles. The third kappa shape index (κ3) is 2.03. The van der Waals surface area contributed by atoms with Crippen LogP contribution in [0.1, 0.15) is 18.5 Å². The Kier molecular flexibility index (Phi) is 2.50. The number of hydrogen-bond acceptors (Lipinski definition) is 3. The average Bonchev–Trinajstić information content (AvgIpc) is 2.69. The van der Waals surface area contributed by atoms with Gasteiger partial charge in [0.2, 0.25) is 0 Å². The molecule has 0 unspecified atom stereocenters. The van der Waals surface area contributed by atoms with Gasteiger partial charge in [0.25, 0.3) is 0 Å². The lowest BCUT2D eigenvalue weighted by molar-refractivity contribution is -0.140. The van der Waals surface area contributed by atoms with E-state index in [4.69, 9.17) is 0 Å². The normalized spacial score (nSPS) is 17.1. The van der Waals surface area contributed by atoms with Gasteiger partial charge >= 0.3 is 6.18 Å². The van der Waals surface area contributed by atoms with Crippen molar-refractivity contribution in [3.05, 3.63) is 18.2 Å². The highest BCUT2D eigenvalue weighted by atomic mass is 19.4. The summed E-state index contributed by atoms with van der Waals surface area (Å²) >= 11 is 0. The zero-order chi connectivity index (χ0) is 10.9. The Labute approximate surface area is 84.9 Å². The summed E-state index contributed by atoms with van der Waals surface area (Å²) in [6.45, 7) is 1.30. The summed E-state index contributed by atoms with van der Waals surface area (Å²) in [4.78, 5) is 8.65. The zero-order valence-electron chi connectivity index (χ0n) is 7.96. The number of anilines is 1. The average molecular weight is 217 g/mol. The van der Waals surface area contributed by atoms with Crippen molar-refractivity contribution in [1.29, 1.82) is 0 Å². The van der Waals surface area contributed by atoms with Crippen LogP contribution in [0, 0.1) is 0 Å². The van der Waals surface area contributed by atoms with Crippen LogP contribution in [-0.4, -0.2) is 23.1 Å². The predicted molar refractivity (Wildman–Crippen MR) is 48.5 cm³/mol. The highest BCUT2D eigenvalue weighted by Crippen LogP contribution is 2.35. The van der Waals surface area contributed by atoms with E-state index in [9.17, 15) is 13.2 Å². The lowest BCUT2D eigenvalue weighted by Crippen LogP contribution is -2.23. The summed E-state index contributed by atoms with van der Waals surface area (Å²) in [7, 11) is 0. The highest BCUT2D eigenvalue weighted by molar-refractivity contribution is 5.50. The number of rotatable bonds is 1. The van der Waals surface area contributed by atoms with E-state index in [-0.39, 0.29) is 5.69 Å². The van der Waals surface area contributed by atoms with E-state index in [1.54, 1.807) is 4.90 Å². The minimum Gasteiger partial charge on any atom is -0.369 e. The Hall–Kier alpha value is -1.33. The first-order chi connectivity index (χ1) is 7.09. The molecule has 0 amide bonds. The lowest BCUT2D eigenvalue weighted by Gasteiger charge is -2.20. The maximum Gasteiger partial charge on any atom is 0.435 e. The van der Waals surface area contributed by atoms with E-state index in [0.29, 0.717) is 13.1 Å². The van der Waals surface area contributed by atoms with Crippen molar-refractivity contribution in [1.82, 2.24) is 9.97 Å². The summed E-state index contributed by atoms with van der Waals surface area (Å²) in [5.41, 5.74) is -0.734. The van der Waals surface area contributed by atoms with E-state index in [1.165, 1.54) is 6.20 Å². The first-order valence-electron chi connectivity index (χ1n) is 4.71. The second-order valence-corrected chi connectivity index (χ2v) is 3.45. The molecule has 2 rings (SSSR count). The van der Waals surface area contributed by atoms with Crippen LogP contribution < -0.4 is 4.90 Å². The molecule has 0 radical (unpaired) electrons. The van der Waals surface area contributed by atoms with Crippen LogP contribution in [0.15, 0.2) is 12.5 Å². The number of halogens is 3. The standard InChI is InChI=1S/C9H10F3N3/c10-9(11,12)8-7(5-13-6-14-8)15-3-1-2-4-15/h5-6H,1-4H2. The lowest BCUT2D eigenvalue weighted by atomic mass is 10.3. The van der Waals surface area contributed by atoms with Gasteiger partial charge in [-0.1, -0.05) is 0 Å². The van der Waals surface area contributed by atoms with Crippen molar-refractivity contribution in [2.45, 2.75) is 19.0 Å². The quantitative estimate of drug-likeness (QED) is 0.721. The largest absolute Gasteiger partial charge is 0.435 e. The molecule has 6 heteroatoms. The summed E-state index contributed by atoms with van der Waals surface area (Å²) in [5.74, 6) is 0. The molecule has 1 fully saturated rings. The molecule has 0 bridgehead atoms. The third-order valence-electron chi connectivity index (χ3n) is 2.41. The Balaban J connectivity index is 2.37. The van der Waals surface area contributed by atoms with Crippen LogP contribution in [0.4, 0.5) is 18.9 Å². The van der Waals surface area contributed by atoms with Gasteiger partial charge in [-0.15, -0.1) is 0 Å². The van der Waals surface area contributed by atoms with Gasteiger partial charge in [-0.05, 0) is 12.8 Å². The van der Waals surface area contributed by atoms with Crippen LogP contribution in [0.25, 0.3) is 0 Å². The first kappa shape index (κ1) is 10.2. The van der Waals surface area contributed by atoms with Crippen molar-refractivity contribution in [3.63, 3.8) is 0 Å². The molecule has 1 saturated heterocycles. The molecule has 0 saturated carbocycles. The summed E-state index contributed by atoms with van der Waals surface area (Å²) in [5, 5.41) is 0. The Morgan fingerprint density at radius 2 is 1.87 bits per heavy atom. The van der Waals surface area contributed by atoms with E-state index in [2.05, 4.69) is 9.97 Å². The van der Waals surface area contributed by atoms with Gasteiger partial charge < -0.3 is 4.90 Å². The molecular weight excluding hydrogens is 207 g/mol. The van der Waals surface area contributed by atoms with Crippen molar-refractivity contribution in [2.24, 2.45) is 0 Å². The Morgan fingerprint density at radius 3 is 2.47 bits per heavy atom. The Morgan fingerprint density at radius 1 is 1.20 bits per heavy atom. The minimum atomic E-state index is -4.40. The van der Waals surface area contributed by atoms with E-state index < -0.39 is 11.9 Å². The fourth-order valence-corrected chi connectivity index (χ4v) is 1.73. The molecule has 15 heavy (non-hydrogen) atoms. The van der Waals surface area contributed by atoms with Crippen molar-refractivity contribution < 1.29 is 13.2 Å². The van der Waals surface area contributed by atoms with Crippen LogP contribution in [0.3, 0.4) is 0 Å². The molecule has 82 valence electrons. The number of hydrogen-bond donors (Lipinski definition) is 0. The van der Waals surface area contributed by atoms with Gasteiger partial charge in [0.1, 0.15) is 6.33 Å². The second-order valence-electron chi connectivity index (χ2n) is 3.45. The zero-order valence-corrected chi connectivity index (χ0v) is 7.96. The molecule has 0 N–H and O–H groups in total. The van der Waals surface area contributed by atoms with Crippen molar-refractivity contribution >= 4 is 5.69 Å². The monoisotopic (exact) mass is 217 g/mol. The van der Waals surface area contributed by atoms with Gasteiger partial charge in [0.05, 0.1) is 11.9 Å². The Bertz CT molecular complexity index is 345. The van der Waals surface area contributed by atoms with Gasteiger partial charge in [0.15, 0.2) is 5.69 Å². The summed E-state index contributed by atoms with van der Waals surface area (Å²) < 4.78 is 37.8. The molecular formula is C9H10F3N3. The van der Waals surface area contributed by atoms with E-state index in [1.807, 2.05) is 0 Å². The number of aromatic nitrogens is 2. The maximum atomic E-state index is 12.6. The van der Waals surface area contributed by atoms with E-state index >= 15 is 0 Å². The molecule has 0 aromatic carbocycles.